The van der Waals surface area contributed by atoms with E-state index in [0.717, 1.165) is 13.1 Å². The highest BCUT2D eigenvalue weighted by Crippen LogP contribution is 2.10. The number of aromatic amines is 1. The van der Waals surface area contributed by atoms with E-state index in [4.69, 9.17) is 10.5 Å². The molecule has 0 aromatic carbocycles. The topological polar surface area (TPSA) is 84.2 Å². The van der Waals surface area contributed by atoms with E-state index < -0.39 is 5.91 Å². The second kappa shape index (κ2) is 3.67. The van der Waals surface area contributed by atoms with Gasteiger partial charge in [0.1, 0.15) is 5.69 Å². The maximum absolute atomic E-state index is 10.8. The number of imidazole rings is 1. The molecule has 1 amide bonds. The first kappa shape index (κ1) is 9.01. The lowest BCUT2D eigenvalue weighted by molar-refractivity contribution is 0.0996. The number of ether oxygens (including phenoxy) is 1. The van der Waals surface area contributed by atoms with Crippen molar-refractivity contribution >= 4 is 11.9 Å². The summed E-state index contributed by atoms with van der Waals surface area (Å²) in [6.07, 6.45) is 1.45. The average molecular weight is 196 g/mol. The number of hydrogen-bond donors (Lipinski definition) is 2. The number of nitrogens with one attached hydrogen (secondary N) is 1. The Labute approximate surface area is 81.1 Å². The lowest BCUT2D eigenvalue weighted by atomic mass is 10.4. The third kappa shape index (κ3) is 1.69. The second-order valence-electron chi connectivity index (χ2n) is 3.08. The van der Waals surface area contributed by atoms with Crippen LogP contribution in [0.5, 0.6) is 0 Å². The van der Waals surface area contributed by atoms with Gasteiger partial charge >= 0.3 is 0 Å². The van der Waals surface area contributed by atoms with Gasteiger partial charge < -0.3 is 20.4 Å². The van der Waals surface area contributed by atoms with Gasteiger partial charge in [-0.15, -0.1) is 0 Å². The molecule has 0 saturated carbocycles. The number of nitrogens with zero attached hydrogens (tertiary/aromatic N) is 2. The van der Waals surface area contributed by atoms with Crippen molar-refractivity contribution in [1.82, 2.24) is 9.97 Å². The van der Waals surface area contributed by atoms with Gasteiger partial charge in [-0.1, -0.05) is 0 Å². The van der Waals surface area contributed by atoms with Gasteiger partial charge in [-0.05, 0) is 0 Å². The number of anilines is 1. The minimum Gasteiger partial charge on any atom is -0.378 e. The molecule has 2 heterocycles. The molecule has 1 aliphatic rings. The van der Waals surface area contributed by atoms with E-state index in [1.165, 1.54) is 6.20 Å². The highest BCUT2D eigenvalue weighted by atomic mass is 16.5. The molecule has 0 radical (unpaired) electrons. The van der Waals surface area contributed by atoms with Gasteiger partial charge in [0.2, 0.25) is 5.95 Å². The zero-order chi connectivity index (χ0) is 9.97. The highest BCUT2D eigenvalue weighted by molar-refractivity contribution is 5.90. The maximum Gasteiger partial charge on any atom is 0.266 e. The van der Waals surface area contributed by atoms with E-state index in [9.17, 15) is 4.79 Å². The van der Waals surface area contributed by atoms with Crippen molar-refractivity contribution in [3.63, 3.8) is 0 Å². The van der Waals surface area contributed by atoms with Gasteiger partial charge in [0.05, 0.1) is 19.4 Å². The van der Waals surface area contributed by atoms with Gasteiger partial charge in [0.25, 0.3) is 5.91 Å². The Kier molecular flexibility index (Phi) is 2.36. The summed E-state index contributed by atoms with van der Waals surface area (Å²) in [5.41, 5.74) is 5.44. The monoisotopic (exact) mass is 196 g/mol. The van der Waals surface area contributed by atoms with Crippen molar-refractivity contribution in [2.45, 2.75) is 0 Å². The standard InChI is InChI=1S/C8H12N4O2/c9-7(13)6-5-10-8(11-6)12-1-3-14-4-2-12/h5H,1-4H2,(H2,9,13)(H,10,11). The molecular weight excluding hydrogens is 184 g/mol. The number of primary amides is 1. The quantitative estimate of drug-likeness (QED) is 0.658. The zero-order valence-corrected chi connectivity index (χ0v) is 7.69. The molecule has 0 aliphatic carbocycles. The predicted octanol–water partition coefficient (Wildman–Crippen LogP) is -0.655. The normalized spacial score (nSPS) is 17.0. The zero-order valence-electron chi connectivity index (χ0n) is 7.69. The Morgan fingerprint density at radius 1 is 1.57 bits per heavy atom. The largest absolute Gasteiger partial charge is 0.378 e. The van der Waals surface area contributed by atoms with Crippen LogP contribution in [0.15, 0.2) is 6.20 Å². The van der Waals surface area contributed by atoms with Crippen molar-refractivity contribution in [2.75, 3.05) is 31.2 Å². The van der Waals surface area contributed by atoms with Crippen LogP contribution in [0.1, 0.15) is 10.5 Å². The van der Waals surface area contributed by atoms with Gasteiger partial charge in [0, 0.05) is 13.1 Å². The number of carbonyl (C=O) groups excluding carboxylic acids is 1. The molecule has 6 heteroatoms. The van der Waals surface area contributed by atoms with Crippen LogP contribution in [-0.4, -0.2) is 42.2 Å². The fraction of sp³-hybridized carbons (Fsp3) is 0.500. The molecule has 1 fully saturated rings. The Morgan fingerprint density at radius 3 is 2.86 bits per heavy atom. The lowest BCUT2D eigenvalue weighted by Gasteiger charge is -2.26. The van der Waals surface area contributed by atoms with Crippen LogP contribution in [0.4, 0.5) is 5.95 Å². The summed E-state index contributed by atoms with van der Waals surface area (Å²) >= 11 is 0. The predicted molar refractivity (Wildman–Crippen MR) is 50.1 cm³/mol. The highest BCUT2D eigenvalue weighted by Gasteiger charge is 2.15. The Hall–Kier alpha value is -1.56. The lowest BCUT2D eigenvalue weighted by Crippen LogP contribution is -2.36. The van der Waals surface area contributed by atoms with Crippen molar-refractivity contribution in [3.8, 4) is 0 Å². The van der Waals surface area contributed by atoms with Crippen LogP contribution in [0.25, 0.3) is 0 Å². The minimum atomic E-state index is -0.489. The van der Waals surface area contributed by atoms with E-state index >= 15 is 0 Å². The summed E-state index contributed by atoms with van der Waals surface area (Å²) < 4.78 is 5.20. The molecule has 1 aromatic heterocycles. The van der Waals surface area contributed by atoms with Crippen LogP contribution < -0.4 is 10.6 Å². The van der Waals surface area contributed by atoms with E-state index in [1.807, 2.05) is 4.90 Å². The summed E-state index contributed by atoms with van der Waals surface area (Å²) in [7, 11) is 0. The van der Waals surface area contributed by atoms with Gasteiger partial charge in [-0.25, -0.2) is 4.98 Å². The molecule has 1 saturated heterocycles. The van der Waals surface area contributed by atoms with Gasteiger partial charge in [-0.3, -0.25) is 4.79 Å². The number of amides is 1. The first-order chi connectivity index (χ1) is 6.77. The number of rotatable bonds is 2. The minimum absolute atomic E-state index is 0.339. The van der Waals surface area contributed by atoms with Crippen molar-refractivity contribution in [2.24, 2.45) is 5.73 Å². The summed E-state index contributed by atoms with van der Waals surface area (Å²) in [6, 6.07) is 0. The van der Waals surface area contributed by atoms with Crippen molar-refractivity contribution in [3.05, 3.63) is 11.9 Å². The maximum atomic E-state index is 10.8. The fourth-order valence-corrected chi connectivity index (χ4v) is 1.37. The van der Waals surface area contributed by atoms with Crippen LogP contribution in [0, 0.1) is 0 Å². The fourth-order valence-electron chi connectivity index (χ4n) is 1.37. The molecule has 2 rings (SSSR count). The number of hydrogen-bond acceptors (Lipinski definition) is 4. The Balaban J connectivity index is 2.11. The second-order valence-corrected chi connectivity index (χ2v) is 3.08. The summed E-state index contributed by atoms with van der Waals surface area (Å²) in [6.45, 7) is 2.94. The third-order valence-electron chi connectivity index (χ3n) is 2.14. The number of morpholine rings is 1. The Morgan fingerprint density at radius 2 is 2.29 bits per heavy atom. The first-order valence-corrected chi connectivity index (χ1v) is 4.45. The molecule has 0 bridgehead atoms. The van der Waals surface area contributed by atoms with Gasteiger partial charge in [0.15, 0.2) is 0 Å². The summed E-state index contributed by atoms with van der Waals surface area (Å²) in [5, 5.41) is 0. The smallest absolute Gasteiger partial charge is 0.266 e. The average Bonchev–Trinajstić information content (AvgIpc) is 2.68. The van der Waals surface area contributed by atoms with Crippen LogP contribution in [0.2, 0.25) is 0 Å². The SMILES string of the molecule is NC(=O)c1cnc(N2CCOCC2)[nH]1. The number of nitrogens with two attached hydrogens (primary N) is 1. The Bertz CT molecular complexity index is 330. The van der Waals surface area contributed by atoms with E-state index in [0.29, 0.717) is 24.9 Å². The van der Waals surface area contributed by atoms with Crippen LogP contribution in [0.3, 0.4) is 0 Å². The third-order valence-corrected chi connectivity index (χ3v) is 2.14. The molecule has 6 nitrogen and oxygen atoms in total. The number of carbonyl (C=O) groups is 1. The van der Waals surface area contributed by atoms with Crippen molar-refractivity contribution < 1.29 is 9.53 Å². The summed E-state index contributed by atoms with van der Waals surface area (Å²) in [5.74, 6) is 0.194. The molecule has 1 aliphatic heterocycles. The molecule has 14 heavy (non-hydrogen) atoms. The molecular formula is C8H12N4O2. The summed E-state index contributed by atoms with van der Waals surface area (Å²) in [4.78, 5) is 19.8. The number of aromatic nitrogens is 2. The molecule has 0 unspecified atom stereocenters. The van der Waals surface area contributed by atoms with E-state index in [2.05, 4.69) is 9.97 Å². The molecule has 1 aromatic rings. The molecule has 76 valence electrons. The molecule has 3 N–H and O–H groups in total. The van der Waals surface area contributed by atoms with Gasteiger partial charge in [-0.2, -0.15) is 0 Å². The van der Waals surface area contributed by atoms with E-state index in [1.54, 1.807) is 0 Å². The molecule has 0 spiro atoms. The van der Waals surface area contributed by atoms with Crippen LogP contribution in [-0.2, 0) is 4.74 Å². The molecule has 0 atom stereocenters. The van der Waals surface area contributed by atoms with Crippen molar-refractivity contribution in [1.29, 1.82) is 0 Å². The first-order valence-electron chi connectivity index (χ1n) is 4.45. The number of H-pyrrole nitrogens is 1. The van der Waals surface area contributed by atoms with Crippen LogP contribution >= 0.6 is 0 Å². The van der Waals surface area contributed by atoms with E-state index in [-0.39, 0.29) is 0 Å².